The van der Waals surface area contributed by atoms with Crippen molar-refractivity contribution in [1.82, 2.24) is 0 Å². The van der Waals surface area contributed by atoms with E-state index in [-0.39, 0.29) is 40.3 Å². The maximum absolute atomic E-state index is 13.6. The standard InChI is InChI=1S/C32H35F3N2O2/c1-30-18-16-23-21(12-15-27-31(23,2)19-17-28(38)37(27)20-8-4-3-5-9-20)22(30)13-14-25(30)29(39)36-26-11-7-6-10-24(26)32(33,34)35/h3-11,17,19,21-23,25,27H,12-16,18H2,1-2H3,(H,36,39)/t21-,22-,23+,25?,27?,30-,31+/m0/s1. The number of alkyl halides is 3. The number of anilines is 2. The van der Waals surface area contributed by atoms with E-state index in [4.69, 9.17) is 0 Å². The molecule has 7 heteroatoms. The third kappa shape index (κ3) is 4.11. The molecule has 4 nitrogen and oxygen atoms in total. The molecule has 1 heterocycles. The predicted octanol–water partition coefficient (Wildman–Crippen LogP) is 7.47. The molecular weight excluding hydrogens is 501 g/mol. The molecule has 39 heavy (non-hydrogen) atoms. The fourth-order valence-corrected chi connectivity index (χ4v) is 8.88. The lowest BCUT2D eigenvalue weighted by atomic mass is 9.47. The molecule has 2 aromatic carbocycles. The largest absolute Gasteiger partial charge is 0.418 e. The van der Waals surface area contributed by atoms with E-state index in [2.05, 4.69) is 25.2 Å². The highest BCUT2D eigenvalue weighted by Crippen LogP contribution is 2.65. The molecule has 3 fully saturated rings. The predicted molar refractivity (Wildman–Crippen MR) is 145 cm³/mol. The van der Waals surface area contributed by atoms with Gasteiger partial charge in [-0.15, -0.1) is 0 Å². The van der Waals surface area contributed by atoms with Crippen LogP contribution in [0.1, 0.15) is 57.9 Å². The molecule has 0 saturated heterocycles. The lowest BCUT2D eigenvalue weighted by Gasteiger charge is -2.60. The minimum Gasteiger partial charge on any atom is -0.325 e. The van der Waals surface area contributed by atoms with Crippen LogP contribution in [0.2, 0.25) is 0 Å². The number of amides is 2. The molecule has 0 aromatic heterocycles. The highest BCUT2D eigenvalue weighted by molar-refractivity contribution is 6.03. The second kappa shape index (κ2) is 9.24. The van der Waals surface area contributed by atoms with Crippen LogP contribution in [0, 0.1) is 34.5 Å². The van der Waals surface area contributed by atoms with Crippen molar-refractivity contribution in [3.05, 3.63) is 72.3 Å². The van der Waals surface area contributed by atoms with Crippen molar-refractivity contribution in [1.29, 1.82) is 0 Å². The SMILES string of the molecule is C[C@]12C=CC(=O)N(c3ccccc3)C1CC[C@@H]1[C@H]2CC[C@]2(C)C(C(=O)Nc3ccccc3C(F)(F)F)CC[C@@H]12. The Morgan fingerprint density at radius 1 is 0.923 bits per heavy atom. The Morgan fingerprint density at radius 2 is 1.64 bits per heavy atom. The van der Waals surface area contributed by atoms with Gasteiger partial charge >= 0.3 is 6.18 Å². The number of halogens is 3. The topological polar surface area (TPSA) is 49.4 Å². The summed E-state index contributed by atoms with van der Waals surface area (Å²) in [6.07, 6.45) is 4.63. The quantitative estimate of drug-likeness (QED) is 0.442. The maximum atomic E-state index is 13.6. The summed E-state index contributed by atoms with van der Waals surface area (Å²) in [7, 11) is 0. The van der Waals surface area contributed by atoms with Gasteiger partial charge in [-0.05, 0) is 86.0 Å². The summed E-state index contributed by atoms with van der Waals surface area (Å²) in [6.45, 7) is 4.48. The summed E-state index contributed by atoms with van der Waals surface area (Å²) < 4.78 is 40.7. The molecule has 3 saturated carbocycles. The van der Waals surface area contributed by atoms with E-state index in [0.29, 0.717) is 24.2 Å². The van der Waals surface area contributed by atoms with Crippen LogP contribution in [0.4, 0.5) is 24.5 Å². The van der Waals surface area contributed by atoms with Gasteiger partial charge in [-0.1, -0.05) is 50.3 Å². The van der Waals surface area contributed by atoms with Crippen LogP contribution in [-0.2, 0) is 15.8 Å². The molecule has 0 bridgehead atoms. The number of rotatable bonds is 3. The molecule has 6 rings (SSSR count). The van der Waals surface area contributed by atoms with Crippen LogP contribution < -0.4 is 10.2 Å². The third-order valence-electron chi connectivity index (χ3n) is 10.7. The third-order valence-corrected chi connectivity index (χ3v) is 10.7. The van der Waals surface area contributed by atoms with Gasteiger partial charge in [0.1, 0.15) is 0 Å². The number of hydrogen-bond acceptors (Lipinski definition) is 2. The molecule has 2 amide bonds. The average Bonchev–Trinajstić information content (AvgIpc) is 3.26. The molecule has 1 aliphatic heterocycles. The van der Waals surface area contributed by atoms with Gasteiger partial charge in [0.05, 0.1) is 11.3 Å². The van der Waals surface area contributed by atoms with Gasteiger partial charge < -0.3 is 10.2 Å². The zero-order chi connectivity index (χ0) is 27.6. The zero-order valence-electron chi connectivity index (χ0n) is 22.4. The molecule has 7 atom stereocenters. The molecule has 2 unspecified atom stereocenters. The smallest absolute Gasteiger partial charge is 0.325 e. The molecule has 206 valence electrons. The second-order valence-corrected chi connectivity index (χ2v) is 12.4. The highest BCUT2D eigenvalue weighted by Gasteiger charge is 2.62. The van der Waals surface area contributed by atoms with Crippen LogP contribution in [0.3, 0.4) is 0 Å². The van der Waals surface area contributed by atoms with Gasteiger partial charge in [0.2, 0.25) is 5.91 Å². The number of para-hydroxylation sites is 2. The molecule has 2 aromatic rings. The summed E-state index contributed by atoms with van der Waals surface area (Å²) in [4.78, 5) is 28.6. The maximum Gasteiger partial charge on any atom is 0.418 e. The van der Waals surface area contributed by atoms with Crippen molar-refractivity contribution in [2.45, 2.75) is 64.6 Å². The Bertz CT molecular complexity index is 1310. The van der Waals surface area contributed by atoms with E-state index < -0.39 is 11.7 Å². The normalized spacial score (nSPS) is 35.7. The molecule has 0 radical (unpaired) electrons. The average molecular weight is 537 g/mol. The molecule has 4 aliphatic rings. The minimum absolute atomic E-state index is 0.0273. The van der Waals surface area contributed by atoms with Crippen molar-refractivity contribution in [3.63, 3.8) is 0 Å². The van der Waals surface area contributed by atoms with E-state index >= 15 is 0 Å². The summed E-state index contributed by atoms with van der Waals surface area (Å²) in [6, 6.07) is 15.2. The fourth-order valence-electron chi connectivity index (χ4n) is 8.88. The van der Waals surface area contributed by atoms with Crippen LogP contribution in [0.25, 0.3) is 0 Å². The molecule has 3 aliphatic carbocycles. The Kier molecular flexibility index (Phi) is 6.20. The van der Waals surface area contributed by atoms with Gasteiger partial charge in [-0.25, -0.2) is 0 Å². The first-order valence-corrected chi connectivity index (χ1v) is 14.1. The number of benzene rings is 2. The molecule has 0 spiro atoms. The van der Waals surface area contributed by atoms with E-state index in [1.54, 1.807) is 6.08 Å². The number of carbonyl (C=O) groups is 2. The lowest BCUT2D eigenvalue weighted by Crippen LogP contribution is -2.61. The summed E-state index contributed by atoms with van der Waals surface area (Å²) >= 11 is 0. The van der Waals surface area contributed by atoms with E-state index in [1.165, 1.54) is 18.2 Å². The number of carbonyl (C=O) groups excluding carboxylic acids is 2. The Balaban J connectivity index is 1.25. The summed E-state index contributed by atoms with van der Waals surface area (Å²) in [5, 5.41) is 2.66. The molecule has 1 N–H and O–H groups in total. The van der Waals surface area contributed by atoms with E-state index in [1.807, 2.05) is 35.2 Å². The Morgan fingerprint density at radius 3 is 2.38 bits per heavy atom. The second-order valence-electron chi connectivity index (χ2n) is 12.4. The van der Waals surface area contributed by atoms with Crippen molar-refractivity contribution in [2.75, 3.05) is 10.2 Å². The van der Waals surface area contributed by atoms with Crippen LogP contribution in [0.15, 0.2) is 66.7 Å². The van der Waals surface area contributed by atoms with Gasteiger partial charge in [-0.2, -0.15) is 13.2 Å². The number of nitrogens with zero attached hydrogens (tertiary/aromatic N) is 1. The van der Waals surface area contributed by atoms with E-state index in [9.17, 15) is 22.8 Å². The summed E-state index contributed by atoms with van der Waals surface area (Å²) in [5.41, 5.74) is -0.468. The first-order chi connectivity index (χ1) is 18.5. The van der Waals surface area contributed by atoms with Crippen molar-refractivity contribution in [2.24, 2.45) is 34.5 Å². The van der Waals surface area contributed by atoms with Gasteiger partial charge in [0, 0.05) is 29.1 Å². The van der Waals surface area contributed by atoms with Gasteiger partial charge in [0.15, 0.2) is 0 Å². The minimum atomic E-state index is -4.53. The Hall–Kier alpha value is -3.09. The number of nitrogens with one attached hydrogen (secondary N) is 1. The lowest BCUT2D eigenvalue weighted by molar-refractivity contribution is -0.137. The van der Waals surface area contributed by atoms with Crippen molar-refractivity contribution < 1.29 is 22.8 Å². The molecular formula is C32H35F3N2O2. The Labute approximate surface area is 227 Å². The van der Waals surface area contributed by atoms with E-state index in [0.717, 1.165) is 43.9 Å². The van der Waals surface area contributed by atoms with Crippen LogP contribution in [0.5, 0.6) is 0 Å². The van der Waals surface area contributed by atoms with Crippen molar-refractivity contribution in [3.8, 4) is 0 Å². The fraction of sp³-hybridized carbons (Fsp3) is 0.500. The van der Waals surface area contributed by atoms with Crippen LogP contribution in [-0.4, -0.2) is 17.9 Å². The number of fused-ring (bicyclic) bond motifs is 5. The van der Waals surface area contributed by atoms with Crippen LogP contribution >= 0.6 is 0 Å². The highest BCUT2D eigenvalue weighted by atomic mass is 19.4. The number of hydrogen-bond donors (Lipinski definition) is 1. The first-order valence-electron chi connectivity index (χ1n) is 14.1. The zero-order valence-corrected chi connectivity index (χ0v) is 22.4. The monoisotopic (exact) mass is 536 g/mol. The first kappa shape index (κ1) is 26.1. The summed E-state index contributed by atoms with van der Waals surface area (Å²) in [5.74, 6) is 0.546. The van der Waals surface area contributed by atoms with Gasteiger partial charge in [0.25, 0.3) is 5.91 Å². The van der Waals surface area contributed by atoms with Gasteiger partial charge in [-0.3, -0.25) is 9.59 Å². The van der Waals surface area contributed by atoms with Crippen molar-refractivity contribution >= 4 is 23.2 Å².